The molecule has 126 valence electrons. The number of hydrogen-bond acceptors (Lipinski definition) is 3. The molecule has 21 heavy (non-hydrogen) atoms. The molecule has 1 heterocycles. The molecule has 1 fully saturated rings. The molecular weight excluding hydrogens is 260 g/mol. The van der Waals surface area contributed by atoms with Crippen LogP contribution in [0.4, 0.5) is 0 Å². The lowest BCUT2D eigenvalue weighted by Crippen LogP contribution is -2.69. The third kappa shape index (κ3) is 5.22. The Bertz CT molecular complexity index is 289. The van der Waals surface area contributed by atoms with Crippen molar-refractivity contribution < 1.29 is 4.74 Å². The van der Waals surface area contributed by atoms with Gasteiger partial charge in [0.2, 0.25) is 0 Å². The van der Waals surface area contributed by atoms with E-state index in [0.29, 0.717) is 5.54 Å². The van der Waals surface area contributed by atoms with Gasteiger partial charge in [0.25, 0.3) is 0 Å². The lowest BCUT2D eigenvalue weighted by Gasteiger charge is -2.53. The van der Waals surface area contributed by atoms with Gasteiger partial charge in [-0.05, 0) is 38.5 Å². The Morgan fingerprint density at radius 2 is 1.76 bits per heavy atom. The maximum atomic E-state index is 5.87. The molecule has 1 rings (SSSR count). The molecule has 3 heteroatoms. The van der Waals surface area contributed by atoms with Gasteiger partial charge in [-0.15, -0.1) is 0 Å². The number of piperazine rings is 1. The van der Waals surface area contributed by atoms with Crippen LogP contribution in [0, 0.1) is 5.92 Å². The molecule has 0 aromatic heterocycles. The maximum absolute atomic E-state index is 5.87. The van der Waals surface area contributed by atoms with Crippen molar-refractivity contribution in [2.24, 2.45) is 5.92 Å². The minimum atomic E-state index is 0.256. The SMILES string of the molecule is CCC1(C)CN(CCOCCC(C)C)C(CC)(CC)CN1. The standard InChI is InChI=1S/C18H38N2O/c1-7-17(6)15-20(11-13-21-12-10-16(4)5)18(8-2,9-3)14-19-17/h16,19H,7-15H2,1-6H3. The van der Waals surface area contributed by atoms with E-state index in [1.165, 1.54) is 25.7 Å². The van der Waals surface area contributed by atoms with Crippen molar-refractivity contribution in [1.82, 2.24) is 10.2 Å². The van der Waals surface area contributed by atoms with Gasteiger partial charge in [0.15, 0.2) is 0 Å². The summed E-state index contributed by atoms with van der Waals surface area (Å²) in [6, 6.07) is 0. The first kappa shape index (κ1) is 18.9. The highest BCUT2D eigenvalue weighted by atomic mass is 16.5. The van der Waals surface area contributed by atoms with E-state index in [1.54, 1.807) is 0 Å². The first-order chi connectivity index (χ1) is 9.91. The third-order valence-corrected chi connectivity index (χ3v) is 5.50. The first-order valence-corrected chi connectivity index (χ1v) is 8.99. The molecule has 1 N–H and O–H groups in total. The Morgan fingerprint density at radius 3 is 2.29 bits per heavy atom. The van der Waals surface area contributed by atoms with Crippen LogP contribution in [-0.2, 0) is 4.74 Å². The van der Waals surface area contributed by atoms with Crippen LogP contribution in [0.3, 0.4) is 0 Å². The summed E-state index contributed by atoms with van der Waals surface area (Å²) >= 11 is 0. The molecule has 1 unspecified atom stereocenters. The zero-order valence-corrected chi connectivity index (χ0v) is 15.3. The fraction of sp³-hybridized carbons (Fsp3) is 1.00. The van der Waals surface area contributed by atoms with Crippen molar-refractivity contribution >= 4 is 0 Å². The minimum Gasteiger partial charge on any atom is -0.380 e. The Morgan fingerprint density at radius 1 is 1.10 bits per heavy atom. The largest absolute Gasteiger partial charge is 0.380 e. The van der Waals surface area contributed by atoms with Crippen molar-refractivity contribution in [1.29, 1.82) is 0 Å². The molecule has 0 saturated carbocycles. The summed E-state index contributed by atoms with van der Waals surface area (Å²) in [4.78, 5) is 2.70. The van der Waals surface area contributed by atoms with Gasteiger partial charge in [0.1, 0.15) is 0 Å². The third-order valence-electron chi connectivity index (χ3n) is 5.50. The van der Waals surface area contributed by atoms with Crippen molar-refractivity contribution in [3.63, 3.8) is 0 Å². The Balaban J connectivity index is 2.54. The van der Waals surface area contributed by atoms with Crippen LogP contribution in [-0.4, -0.2) is 48.8 Å². The fourth-order valence-electron chi connectivity index (χ4n) is 3.23. The lowest BCUT2D eigenvalue weighted by atomic mass is 9.82. The summed E-state index contributed by atoms with van der Waals surface area (Å²) < 4.78 is 5.87. The second-order valence-corrected chi connectivity index (χ2v) is 7.42. The predicted molar refractivity (Wildman–Crippen MR) is 91.9 cm³/mol. The molecule has 1 atom stereocenters. The van der Waals surface area contributed by atoms with Crippen molar-refractivity contribution in [2.75, 3.05) is 32.8 Å². The van der Waals surface area contributed by atoms with Gasteiger partial charge in [-0.3, -0.25) is 4.90 Å². The van der Waals surface area contributed by atoms with Gasteiger partial charge < -0.3 is 10.1 Å². The first-order valence-electron chi connectivity index (χ1n) is 8.99. The molecule has 0 aromatic carbocycles. The lowest BCUT2D eigenvalue weighted by molar-refractivity contribution is -0.0183. The van der Waals surface area contributed by atoms with E-state index in [0.717, 1.165) is 38.8 Å². The van der Waals surface area contributed by atoms with Gasteiger partial charge in [-0.1, -0.05) is 34.6 Å². The topological polar surface area (TPSA) is 24.5 Å². The van der Waals surface area contributed by atoms with Crippen LogP contribution >= 0.6 is 0 Å². The Labute approximate surface area is 132 Å². The van der Waals surface area contributed by atoms with Crippen LogP contribution in [0.1, 0.15) is 67.2 Å². The smallest absolute Gasteiger partial charge is 0.0593 e. The number of ether oxygens (including phenoxy) is 1. The van der Waals surface area contributed by atoms with Gasteiger partial charge in [-0.2, -0.15) is 0 Å². The monoisotopic (exact) mass is 298 g/mol. The Kier molecular flexibility index (Phi) is 7.66. The molecular formula is C18H38N2O. The summed E-state index contributed by atoms with van der Waals surface area (Å²) in [5.41, 5.74) is 0.571. The molecule has 0 radical (unpaired) electrons. The minimum absolute atomic E-state index is 0.256. The number of rotatable bonds is 9. The van der Waals surface area contributed by atoms with E-state index >= 15 is 0 Å². The van der Waals surface area contributed by atoms with E-state index in [2.05, 4.69) is 51.8 Å². The van der Waals surface area contributed by atoms with Crippen LogP contribution in [0.25, 0.3) is 0 Å². The molecule has 0 bridgehead atoms. The van der Waals surface area contributed by atoms with Crippen LogP contribution in [0.2, 0.25) is 0 Å². The van der Waals surface area contributed by atoms with Crippen LogP contribution in [0.15, 0.2) is 0 Å². The molecule has 0 amide bonds. The summed E-state index contributed by atoms with van der Waals surface area (Å²) in [7, 11) is 0. The summed E-state index contributed by atoms with van der Waals surface area (Å²) in [6.07, 6.45) is 4.77. The highest BCUT2D eigenvalue weighted by molar-refractivity contribution is 5.02. The molecule has 1 aliphatic heterocycles. The van der Waals surface area contributed by atoms with Crippen LogP contribution in [0.5, 0.6) is 0 Å². The molecule has 1 aliphatic rings. The van der Waals surface area contributed by atoms with Gasteiger partial charge in [-0.25, -0.2) is 0 Å². The normalized spacial score (nSPS) is 26.4. The average molecular weight is 299 g/mol. The highest BCUT2D eigenvalue weighted by Crippen LogP contribution is 2.30. The molecule has 3 nitrogen and oxygen atoms in total. The predicted octanol–water partition coefficient (Wildman–Crippen LogP) is 3.68. The van der Waals surface area contributed by atoms with E-state index in [9.17, 15) is 0 Å². The average Bonchev–Trinajstić information content (AvgIpc) is 2.47. The number of hydrogen-bond donors (Lipinski definition) is 1. The van der Waals surface area contributed by atoms with Crippen molar-refractivity contribution in [2.45, 2.75) is 78.3 Å². The fourth-order valence-corrected chi connectivity index (χ4v) is 3.23. The highest BCUT2D eigenvalue weighted by Gasteiger charge is 2.42. The summed E-state index contributed by atoms with van der Waals surface area (Å²) in [5.74, 6) is 0.734. The quantitative estimate of drug-likeness (QED) is 0.657. The van der Waals surface area contributed by atoms with Gasteiger partial charge in [0, 0.05) is 37.3 Å². The molecule has 1 saturated heterocycles. The molecule has 0 aliphatic carbocycles. The van der Waals surface area contributed by atoms with E-state index in [-0.39, 0.29) is 5.54 Å². The van der Waals surface area contributed by atoms with E-state index in [1.807, 2.05) is 0 Å². The molecule has 0 spiro atoms. The number of nitrogens with zero attached hydrogens (tertiary/aromatic N) is 1. The maximum Gasteiger partial charge on any atom is 0.0593 e. The van der Waals surface area contributed by atoms with Gasteiger partial charge >= 0.3 is 0 Å². The van der Waals surface area contributed by atoms with Crippen molar-refractivity contribution in [3.8, 4) is 0 Å². The van der Waals surface area contributed by atoms with Crippen LogP contribution < -0.4 is 5.32 Å². The Hall–Kier alpha value is -0.120. The van der Waals surface area contributed by atoms with E-state index in [4.69, 9.17) is 4.74 Å². The molecule has 0 aromatic rings. The summed E-state index contributed by atoms with van der Waals surface area (Å²) in [5, 5.41) is 3.80. The second-order valence-electron chi connectivity index (χ2n) is 7.42. The van der Waals surface area contributed by atoms with E-state index < -0.39 is 0 Å². The second kappa shape index (κ2) is 8.50. The van der Waals surface area contributed by atoms with Gasteiger partial charge in [0.05, 0.1) is 6.61 Å². The zero-order chi connectivity index (χ0) is 15.9. The van der Waals surface area contributed by atoms with Crippen molar-refractivity contribution in [3.05, 3.63) is 0 Å². The zero-order valence-electron chi connectivity index (χ0n) is 15.3. The summed E-state index contributed by atoms with van der Waals surface area (Å²) in [6.45, 7) is 18.9. The number of nitrogens with one attached hydrogen (secondary N) is 1.